The van der Waals surface area contributed by atoms with Crippen LogP contribution in [0.5, 0.6) is 17.2 Å². The molecular weight excluding hydrogens is 247 g/mol. The van der Waals surface area contributed by atoms with Crippen molar-refractivity contribution in [3.63, 3.8) is 0 Å². The molecule has 19 heavy (non-hydrogen) atoms. The minimum Gasteiger partial charge on any atom is -0.508 e. The van der Waals surface area contributed by atoms with E-state index in [1.54, 1.807) is 24.3 Å². The second-order valence-corrected chi connectivity index (χ2v) is 4.65. The van der Waals surface area contributed by atoms with Crippen LogP contribution in [0.25, 0.3) is 0 Å². The smallest absolute Gasteiger partial charge is 0.175 e. The molecule has 1 aliphatic rings. The van der Waals surface area contributed by atoms with Gasteiger partial charge in [0.1, 0.15) is 11.5 Å². The molecule has 0 amide bonds. The van der Waals surface area contributed by atoms with E-state index in [-0.39, 0.29) is 17.4 Å². The highest BCUT2D eigenvalue weighted by molar-refractivity contribution is 5.43. The van der Waals surface area contributed by atoms with Gasteiger partial charge in [-0.1, -0.05) is 18.2 Å². The van der Waals surface area contributed by atoms with Crippen molar-refractivity contribution in [2.45, 2.75) is 12.3 Å². The molecule has 3 nitrogen and oxygen atoms in total. The van der Waals surface area contributed by atoms with E-state index < -0.39 is 0 Å². The number of ether oxygens (including phenoxy) is 1. The zero-order chi connectivity index (χ0) is 13.2. The number of hydrogen-bond acceptors (Lipinski definition) is 3. The van der Waals surface area contributed by atoms with Crippen molar-refractivity contribution in [2.24, 2.45) is 0 Å². The van der Waals surface area contributed by atoms with Gasteiger partial charge in [0, 0.05) is 16.5 Å². The predicted octanol–water partition coefficient (Wildman–Crippen LogP) is 3.37. The molecule has 0 fully saturated rings. The lowest BCUT2D eigenvalue weighted by Crippen LogP contribution is -2.19. The summed E-state index contributed by atoms with van der Waals surface area (Å²) in [6, 6.07) is 12.1. The molecule has 0 spiro atoms. The fourth-order valence-corrected chi connectivity index (χ4v) is 2.36. The summed E-state index contributed by atoms with van der Waals surface area (Å²) in [6.07, 6.45) is 0.826. The summed E-state index contributed by atoms with van der Waals surface area (Å²) in [6.45, 7) is 0.535. The van der Waals surface area contributed by atoms with Gasteiger partial charge in [0.25, 0.3) is 0 Å². The molecule has 3 rings (SSSR count). The highest BCUT2D eigenvalue weighted by Crippen LogP contribution is 2.35. The van der Waals surface area contributed by atoms with Gasteiger partial charge < -0.3 is 9.84 Å². The molecule has 1 atom stereocenters. The Kier molecular flexibility index (Phi) is 2.99. The van der Waals surface area contributed by atoms with Gasteiger partial charge in [-0.25, -0.2) is 0 Å². The predicted molar refractivity (Wildman–Crippen MR) is 68.2 cm³/mol. The summed E-state index contributed by atoms with van der Waals surface area (Å²) in [4.78, 5) is 3.70. The van der Waals surface area contributed by atoms with Crippen LogP contribution in [0, 0.1) is 0 Å². The molecule has 2 aromatic rings. The van der Waals surface area contributed by atoms with Crippen LogP contribution in [0.1, 0.15) is 17.0 Å². The number of rotatable bonds is 2. The van der Waals surface area contributed by atoms with Gasteiger partial charge in [0.15, 0.2) is 5.75 Å². The zero-order valence-corrected chi connectivity index (χ0v) is 10.2. The van der Waals surface area contributed by atoms with Crippen LogP contribution in [-0.4, -0.2) is 11.7 Å². The van der Waals surface area contributed by atoms with Crippen LogP contribution in [0.15, 0.2) is 42.5 Å². The molecule has 0 bridgehead atoms. The van der Waals surface area contributed by atoms with E-state index in [1.165, 1.54) is 0 Å². The van der Waals surface area contributed by atoms with Crippen LogP contribution >= 0.6 is 0 Å². The Bertz CT molecular complexity index is 580. The van der Waals surface area contributed by atoms with Crippen molar-refractivity contribution in [1.29, 1.82) is 0 Å². The van der Waals surface area contributed by atoms with Gasteiger partial charge in [-0.3, -0.25) is 4.94 Å². The monoisotopic (exact) mass is 260 g/mol. The summed E-state index contributed by atoms with van der Waals surface area (Å²) in [7, 11) is 0. The second-order valence-electron chi connectivity index (χ2n) is 4.65. The molecule has 0 saturated heterocycles. The Hall–Kier alpha value is -2.23. The van der Waals surface area contributed by atoms with Crippen molar-refractivity contribution in [3.05, 3.63) is 53.6 Å². The molecule has 4 heteroatoms. The van der Waals surface area contributed by atoms with Gasteiger partial charge >= 0.3 is 0 Å². The van der Waals surface area contributed by atoms with E-state index >= 15 is 0 Å². The second kappa shape index (κ2) is 4.80. The highest BCUT2D eigenvalue weighted by Gasteiger charge is 2.22. The van der Waals surface area contributed by atoms with Crippen molar-refractivity contribution in [2.75, 3.05) is 6.61 Å². The lowest BCUT2D eigenvalue weighted by molar-refractivity contribution is -0.00657. The lowest BCUT2D eigenvalue weighted by Gasteiger charge is -2.25. The first kappa shape index (κ1) is 11.8. The average molecular weight is 260 g/mol. The van der Waals surface area contributed by atoms with Gasteiger partial charge in [-0.15, -0.1) is 0 Å². The minimum absolute atomic E-state index is 0.154. The summed E-state index contributed by atoms with van der Waals surface area (Å²) < 4.78 is 17.7. The molecule has 2 aromatic carbocycles. The Morgan fingerprint density at radius 1 is 1.16 bits per heavy atom. The SMILES string of the molecule is Oc1ccc([C@H]2COc3cc(OF)ccc3C2)cc1. The first-order valence-corrected chi connectivity index (χ1v) is 6.09. The molecule has 0 aliphatic carbocycles. The molecule has 0 unspecified atom stereocenters. The van der Waals surface area contributed by atoms with E-state index in [2.05, 4.69) is 4.94 Å². The number of hydrogen-bond donors (Lipinski definition) is 1. The van der Waals surface area contributed by atoms with Crippen molar-refractivity contribution >= 4 is 0 Å². The van der Waals surface area contributed by atoms with Gasteiger partial charge in [-0.05, 0) is 35.7 Å². The van der Waals surface area contributed by atoms with E-state index in [0.29, 0.717) is 12.4 Å². The molecule has 1 aliphatic heterocycles. The topological polar surface area (TPSA) is 38.7 Å². The summed E-state index contributed by atoms with van der Waals surface area (Å²) in [5.74, 6) is 1.32. The van der Waals surface area contributed by atoms with Crippen LogP contribution in [0.3, 0.4) is 0 Å². The number of fused-ring (bicyclic) bond motifs is 1. The third kappa shape index (κ3) is 2.34. The first-order valence-electron chi connectivity index (χ1n) is 6.09. The molecule has 0 radical (unpaired) electrons. The Labute approximate surface area is 110 Å². The first-order chi connectivity index (χ1) is 9.26. The largest absolute Gasteiger partial charge is 0.508 e. The van der Waals surface area contributed by atoms with Crippen molar-refractivity contribution in [1.82, 2.24) is 0 Å². The van der Waals surface area contributed by atoms with Crippen molar-refractivity contribution in [3.8, 4) is 17.2 Å². The zero-order valence-electron chi connectivity index (χ0n) is 10.2. The Balaban J connectivity index is 1.84. The van der Waals surface area contributed by atoms with Crippen molar-refractivity contribution < 1.29 is 19.3 Å². The highest BCUT2D eigenvalue weighted by atomic mass is 19.3. The normalized spacial score (nSPS) is 17.4. The van der Waals surface area contributed by atoms with E-state index in [0.717, 1.165) is 17.5 Å². The van der Waals surface area contributed by atoms with E-state index in [4.69, 9.17) is 4.74 Å². The quantitative estimate of drug-likeness (QED) is 0.899. The van der Waals surface area contributed by atoms with E-state index in [9.17, 15) is 9.63 Å². The Morgan fingerprint density at radius 2 is 1.95 bits per heavy atom. The van der Waals surface area contributed by atoms with Crippen LogP contribution < -0.4 is 9.68 Å². The number of phenolic OH excluding ortho intramolecular Hbond substituents is 1. The molecular formula is C15H13FO3. The van der Waals surface area contributed by atoms with Crippen LogP contribution in [0.2, 0.25) is 0 Å². The molecule has 1 heterocycles. The third-order valence-electron chi connectivity index (χ3n) is 3.40. The van der Waals surface area contributed by atoms with E-state index in [1.807, 2.05) is 18.2 Å². The average Bonchev–Trinajstić information content (AvgIpc) is 2.47. The molecule has 1 N–H and O–H groups in total. The lowest BCUT2D eigenvalue weighted by atomic mass is 9.90. The van der Waals surface area contributed by atoms with Gasteiger partial charge in [0.05, 0.1) is 6.61 Å². The fourth-order valence-electron chi connectivity index (χ4n) is 2.36. The number of benzene rings is 2. The fraction of sp³-hybridized carbons (Fsp3) is 0.200. The molecule has 98 valence electrons. The minimum atomic E-state index is 0.154. The third-order valence-corrected chi connectivity index (χ3v) is 3.40. The number of aromatic hydroxyl groups is 1. The summed E-state index contributed by atoms with van der Waals surface area (Å²) >= 11 is 0. The maximum atomic E-state index is 12.1. The number of phenols is 1. The van der Waals surface area contributed by atoms with Crippen LogP contribution in [-0.2, 0) is 6.42 Å². The number of halogens is 1. The molecule has 0 aromatic heterocycles. The summed E-state index contributed by atoms with van der Waals surface area (Å²) in [5, 5.41) is 9.29. The maximum Gasteiger partial charge on any atom is 0.175 e. The van der Waals surface area contributed by atoms with Gasteiger partial charge in [-0.2, -0.15) is 0 Å². The Morgan fingerprint density at radius 3 is 2.68 bits per heavy atom. The van der Waals surface area contributed by atoms with Crippen LogP contribution in [0.4, 0.5) is 4.53 Å². The summed E-state index contributed by atoms with van der Waals surface area (Å²) in [5.41, 5.74) is 2.15. The standard InChI is InChI=1S/C15H13FO3/c16-19-14-6-3-11-7-12(9-18-15(11)8-14)10-1-4-13(17)5-2-10/h1-6,8,12,17H,7,9H2/t12-/m1/s1. The maximum absolute atomic E-state index is 12.1. The van der Waals surface area contributed by atoms with Gasteiger partial charge in [0.2, 0.25) is 0 Å². The molecule has 0 saturated carbocycles.